The summed E-state index contributed by atoms with van der Waals surface area (Å²) in [5.74, 6) is 0.193. The van der Waals surface area contributed by atoms with Gasteiger partial charge in [-0.05, 0) is 80.1 Å². The topological polar surface area (TPSA) is 43.9 Å². The number of hydrogen-bond acceptors (Lipinski definition) is 3. The number of aromatic nitrogens is 3. The maximum Gasteiger partial charge on any atom is 0.121 e. The molecule has 3 aromatic heterocycles. The predicted octanol–water partition coefficient (Wildman–Crippen LogP) is 15.1. The second-order valence-corrected chi connectivity index (χ2v) is 22.3. The van der Waals surface area contributed by atoms with Crippen LogP contribution in [0.1, 0.15) is 26.7 Å². The van der Waals surface area contributed by atoms with Crippen molar-refractivity contribution in [3.8, 4) is 50.6 Å². The van der Waals surface area contributed by atoms with Crippen LogP contribution in [0.5, 0.6) is 0 Å². The summed E-state index contributed by atoms with van der Waals surface area (Å²) < 4.78 is 17.3. The van der Waals surface area contributed by atoms with Crippen LogP contribution in [0.15, 0.2) is 193 Å². The van der Waals surface area contributed by atoms with E-state index < -0.39 is 14.0 Å². The van der Waals surface area contributed by atoms with Crippen molar-refractivity contribution in [1.29, 1.82) is 0 Å². The number of benzene rings is 8. The van der Waals surface area contributed by atoms with Crippen molar-refractivity contribution in [3.63, 3.8) is 0 Å². The van der Waals surface area contributed by atoms with Gasteiger partial charge in [0.2, 0.25) is 0 Å². The molecular weight excluding hydrogens is 975 g/mol. The fourth-order valence-corrected chi connectivity index (χ4v) is 10.1. The third kappa shape index (κ3) is 8.29. The second-order valence-electron chi connectivity index (χ2n) is 17.3. The van der Waals surface area contributed by atoms with Gasteiger partial charge < -0.3 is 14.0 Å². The van der Waals surface area contributed by atoms with E-state index in [0.717, 1.165) is 83.4 Å². The van der Waals surface area contributed by atoms with E-state index in [1.807, 2.05) is 62.5 Å². The average Bonchev–Trinajstić information content (AvgIpc) is 3.89. The molecule has 11 rings (SSSR count). The minimum atomic E-state index is -1.50. The normalized spacial score (nSPS) is 11.9. The first kappa shape index (κ1) is 41.3. The SMILES string of the molecule is [2H]C(C)(C)c1cc(-c2[c-]cccc2)ncc1[Si](C)(C)C.[Ir].[c-]1ccc2c(oc3cc(-c4ccccc4)ccc32)c1-c1nc2cc3ccccc3cc2n1-c1ccc(-c2ccccc2)cc1. The Morgan fingerprint density at radius 1 is 0.625 bits per heavy atom. The van der Waals surface area contributed by atoms with E-state index in [9.17, 15) is 0 Å². The molecule has 0 atom stereocenters. The number of nitrogens with zero attached hydrogens (tertiary/aromatic N) is 3. The van der Waals surface area contributed by atoms with Crippen molar-refractivity contribution in [2.75, 3.05) is 0 Å². The van der Waals surface area contributed by atoms with E-state index in [4.69, 9.17) is 10.8 Å². The second kappa shape index (κ2) is 17.8. The van der Waals surface area contributed by atoms with Crippen molar-refractivity contribution in [1.82, 2.24) is 14.5 Å². The van der Waals surface area contributed by atoms with Crippen LogP contribution in [0, 0.1) is 12.1 Å². The van der Waals surface area contributed by atoms with Gasteiger partial charge >= 0.3 is 0 Å². The van der Waals surface area contributed by atoms with Gasteiger partial charge in [0.15, 0.2) is 0 Å². The van der Waals surface area contributed by atoms with Crippen LogP contribution in [0.2, 0.25) is 19.6 Å². The van der Waals surface area contributed by atoms with Gasteiger partial charge in [0, 0.05) is 38.7 Å². The molecule has 0 saturated carbocycles. The molecule has 0 N–H and O–H groups in total. The average molecular weight is 1020 g/mol. The van der Waals surface area contributed by atoms with Gasteiger partial charge in [0.25, 0.3) is 0 Å². The molecule has 0 bridgehead atoms. The Morgan fingerprint density at radius 3 is 1.94 bits per heavy atom. The molecule has 0 aliphatic heterocycles. The number of furan rings is 1. The van der Waals surface area contributed by atoms with E-state index in [-0.39, 0.29) is 20.1 Å². The van der Waals surface area contributed by atoms with Crippen LogP contribution < -0.4 is 5.19 Å². The van der Waals surface area contributed by atoms with Gasteiger partial charge in [-0.25, -0.2) is 0 Å². The molecule has 0 aliphatic carbocycles. The largest absolute Gasteiger partial charge is 0.501 e. The summed E-state index contributed by atoms with van der Waals surface area (Å²) in [7, 11) is -1.50. The van der Waals surface area contributed by atoms with Gasteiger partial charge in [0.05, 0.1) is 30.5 Å². The molecular formula is C58H47IrN3OSi-2. The first-order chi connectivity index (χ1) is 31.0. The quantitative estimate of drug-likeness (QED) is 0.118. The fraction of sp³-hybridized carbons (Fsp3) is 0.103. The molecule has 8 aromatic carbocycles. The summed E-state index contributed by atoms with van der Waals surface area (Å²) in [6, 6.07) is 69.6. The third-order valence-electron chi connectivity index (χ3n) is 11.8. The van der Waals surface area contributed by atoms with Gasteiger partial charge in [-0.2, -0.15) is 0 Å². The summed E-state index contributed by atoms with van der Waals surface area (Å²) in [6.45, 7) is 10.8. The number of fused-ring (bicyclic) bond motifs is 5. The van der Waals surface area contributed by atoms with Crippen LogP contribution in [-0.4, -0.2) is 22.6 Å². The van der Waals surface area contributed by atoms with E-state index >= 15 is 0 Å². The van der Waals surface area contributed by atoms with Crippen LogP contribution in [0.25, 0.3) is 94.3 Å². The Bertz CT molecular complexity index is 3440. The standard InChI is InChI=1S/C41H25N2O.C17H22NSi.Ir/c1-3-10-27(11-4-1)29-18-21-33(22-19-29)43-38-25-31-15-8-7-14-30(31)24-37(38)42-41(43)36-17-9-16-35-34-23-20-32(26-39(34)44-40(35)36)28-12-5-2-6-13-28;1-13(2)15-11-16(14-9-7-6-8-10-14)18-12-17(15)19(3,4)5;/h1-16,18-26H;6-9,11-13H,1-5H3;/q2*-1;/i;13D;. The predicted molar refractivity (Wildman–Crippen MR) is 267 cm³/mol. The summed E-state index contributed by atoms with van der Waals surface area (Å²) in [5.41, 5.74) is 13.1. The minimum Gasteiger partial charge on any atom is -0.501 e. The van der Waals surface area contributed by atoms with E-state index in [1.54, 1.807) is 0 Å². The molecule has 64 heavy (non-hydrogen) atoms. The molecule has 0 spiro atoms. The third-order valence-corrected chi connectivity index (χ3v) is 13.8. The van der Waals surface area contributed by atoms with Gasteiger partial charge in [0.1, 0.15) is 5.58 Å². The van der Waals surface area contributed by atoms with Crippen molar-refractivity contribution in [3.05, 3.63) is 206 Å². The minimum absolute atomic E-state index is 0. The zero-order valence-corrected chi connectivity index (χ0v) is 39.9. The summed E-state index contributed by atoms with van der Waals surface area (Å²) in [6.07, 6.45) is 1.98. The van der Waals surface area contributed by atoms with Crippen LogP contribution in [0.4, 0.5) is 0 Å². The van der Waals surface area contributed by atoms with Crippen LogP contribution in [-0.2, 0) is 20.1 Å². The molecule has 11 aromatic rings. The van der Waals surface area contributed by atoms with Crippen LogP contribution >= 0.6 is 0 Å². The van der Waals surface area contributed by atoms with Gasteiger partial charge in [-0.3, -0.25) is 4.98 Å². The number of hydrogen-bond donors (Lipinski definition) is 0. The molecule has 315 valence electrons. The smallest absolute Gasteiger partial charge is 0.121 e. The molecule has 6 heteroatoms. The number of rotatable bonds is 7. The number of pyridine rings is 1. The van der Waals surface area contributed by atoms with Crippen molar-refractivity contribution >= 4 is 57.0 Å². The summed E-state index contributed by atoms with van der Waals surface area (Å²) in [5, 5.41) is 5.74. The van der Waals surface area contributed by atoms with Crippen molar-refractivity contribution in [2.45, 2.75) is 39.4 Å². The Labute approximate surface area is 391 Å². The molecule has 0 aliphatic rings. The Balaban J connectivity index is 0.000000215. The first-order valence-electron chi connectivity index (χ1n) is 22.0. The molecule has 3 heterocycles. The molecule has 0 amide bonds. The zero-order valence-electron chi connectivity index (χ0n) is 37.5. The van der Waals surface area contributed by atoms with Crippen LogP contribution in [0.3, 0.4) is 0 Å². The Hall–Kier alpha value is -6.69. The van der Waals surface area contributed by atoms with Gasteiger partial charge in [-0.1, -0.05) is 165 Å². The molecule has 0 saturated heterocycles. The Morgan fingerprint density at radius 2 is 1.27 bits per heavy atom. The Kier molecular flexibility index (Phi) is 11.5. The van der Waals surface area contributed by atoms with E-state index in [0.29, 0.717) is 0 Å². The van der Waals surface area contributed by atoms with Crippen molar-refractivity contribution < 1.29 is 25.9 Å². The first-order valence-corrected chi connectivity index (χ1v) is 25.0. The summed E-state index contributed by atoms with van der Waals surface area (Å²) in [4.78, 5) is 9.86. The maximum atomic E-state index is 8.44. The fourth-order valence-electron chi connectivity index (χ4n) is 8.51. The van der Waals surface area contributed by atoms with Gasteiger partial charge in [-0.15, -0.1) is 54.1 Å². The summed E-state index contributed by atoms with van der Waals surface area (Å²) >= 11 is 0. The van der Waals surface area contributed by atoms with E-state index in [1.165, 1.54) is 21.7 Å². The monoisotopic (exact) mass is 1020 g/mol. The molecule has 0 fully saturated rings. The van der Waals surface area contributed by atoms with E-state index in [2.05, 4.69) is 181 Å². The maximum absolute atomic E-state index is 8.44. The molecule has 1 radical (unpaired) electrons. The molecule has 4 nitrogen and oxygen atoms in total. The zero-order chi connectivity index (χ0) is 44.0. The van der Waals surface area contributed by atoms with Crippen molar-refractivity contribution in [2.24, 2.45) is 0 Å². The molecule has 0 unspecified atom stereocenters. The number of imidazole rings is 1.